The zero-order chi connectivity index (χ0) is 15.4. The molecule has 2 rings (SSSR count). The van der Waals surface area contributed by atoms with Crippen molar-refractivity contribution in [3.63, 3.8) is 0 Å². The van der Waals surface area contributed by atoms with E-state index in [1.165, 1.54) is 6.92 Å². The van der Waals surface area contributed by atoms with Crippen LogP contribution in [0.1, 0.15) is 22.8 Å². The average Bonchev–Trinajstić information content (AvgIpc) is 2.48. The Morgan fingerprint density at radius 2 is 1.48 bits per heavy atom. The average molecular weight is 285 g/mol. The summed E-state index contributed by atoms with van der Waals surface area (Å²) in [4.78, 5) is 22.9. The molecule has 5 nitrogen and oxygen atoms in total. The van der Waals surface area contributed by atoms with Crippen molar-refractivity contribution in [3.8, 4) is 5.75 Å². The molecule has 1 unspecified atom stereocenters. The molecule has 0 bridgehead atoms. The van der Waals surface area contributed by atoms with Crippen LogP contribution >= 0.6 is 0 Å². The molecule has 0 radical (unpaired) electrons. The van der Waals surface area contributed by atoms with E-state index in [1.54, 1.807) is 48.5 Å². The van der Waals surface area contributed by atoms with Gasteiger partial charge in [0.1, 0.15) is 5.75 Å². The SMILES string of the molecule is CC(Oc1ccc(C(=O)c2ccc(N)cc2)cc1)C(=O)O. The van der Waals surface area contributed by atoms with Gasteiger partial charge in [0.15, 0.2) is 11.9 Å². The standard InChI is InChI=1S/C16H15NO4/c1-10(16(19)20)21-14-8-4-12(5-9-14)15(18)11-2-6-13(17)7-3-11/h2-10H,17H2,1H3,(H,19,20). The van der Waals surface area contributed by atoms with Crippen molar-refractivity contribution >= 4 is 17.4 Å². The summed E-state index contributed by atoms with van der Waals surface area (Å²) in [6.07, 6.45) is -0.941. The zero-order valence-corrected chi connectivity index (χ0v) is 11.4. The van der Waals surface area contributed by atoms with E-state index in [2.05, 4.69) is 0 Å². The topological polar surface area (TPSA) is 89.6 Å². The minimum atomic E-state index is -1.04. The van der Waals surface area contributed by atoms with Crippen LogP contribution in [0.15, 0.2) is 48.5 Å². The number of nitrogen functional groups attached to an aromatic ring is 1. The molecule has 0 aromatic heterocycles. The van der Waals surface area contributed by atoms with Crippen LogP contribution in [0.2, 0.25) is 0 Å². The van der Waals surface area contributed by atoms with Crippen molar-refractivity contribution in [1.29, 1.82) is 0 Å². The first-order chi connectivity index (χ1) is 9.97. The fourth-order valence-electron chi connectivity index (χ4n) is 1.74. The monoisotopic (exact) mass is 285 g/mol. The van der Waals surface area contributed by atoms with Gasteiger partial charge in [-0.05, 0) is 55.5 Å². The summed E-state index contributed by atoms with van der Waals surface area (Å²) in [5.41, 5.74) is 7.21. The first kappa shape index (κ1) is 14.6. The van der Waals surface area contributed by atoms with Gasteiger partial charge >= 0.3 is 5.97 Å². The number of hydrogen-bond donors (Lipinski definition) is 2. The van der Waals surface area contributed by atoms with E-state index in [0.29, 0.717) is 22.6 Å². The van der Waals surface area contributed by atoms with Gasteiger partial charge in [-0.2, -0.15) is 0 Å². The Kier molecular flexibility index (Phi) is 4.23. The van der Waals surface area contributed by atoms with E-state index in [0.717, 1.165) is 0 Å². The third kappa shape index (κ3) is 3.60. The number of ketones is 1. The van der Waals surface area contributed by atoms with Gasteiger partial charge < -0.3 is 15.6 Å². The van der Waals surface area contributed by atoms with Gasteiger partial charge in [-0.25, -0.2) is 4.79 Å². The first-order valence-electron chi connectivity index (χ1n) is 6.37. The number of benzene rings is 2. The van der Waals surface area contributed by atoms with E-state index in [9.17, 15) is 9.59 Å². The lowest BCUT2D eigenvalue weighted by Crippen LogP contribution is -2.22. The number of nitrogens with two attached hydrogens (primary N) is 1. The van der Waals surface area contributed by atoms with Gasteiger partial charge in [0.25, 0.3) is 0 Å². The third-order valence-corrected chi connectivity index (χ3v) is 2.95. The van der Waals surface area contributed by atoms with Crippen molar-refractivity contribution in [3.05, 3.63) is 59.7 Å². The lowest BCUT2D eigenvalue weighted by atomic mass is 10.0. The number of ether oxygens (including phenoxy) is 1. The maximum absolute atomic E-state index is 12.2. The number of hydrogen-bond acceptors (Lipinski definition) is 4. The Balaban J connectivity index is 2.13. The molecule has 0 aliphatic carbocycles. The second kappa shape index (κ2) is 6.09. The Bertz CT molecular complexity index is 647. The second-order valence-electron chi connectivity index (χ2n) is 4.57. The van der Waals surface area contributed by atoms with Crippen LogP contribution in [0.3, 0.4) is 0 Å². The van der Waals surface area contributed by atoms with Gasteiger partial charge in [0.05, 0.1) is 0 Å². The molecule has 2 aromatic carbocycles. The molecular formula is C16H15NO4. The summed E-state index contributed by atoms with van der Waals surface area (Å²) >= 11 is 0. The highest BCUT2D eigenvalue weighted by Gasteiger charge is 2.13. The Morgan fingerprint density at radius 3 is 1.95 bits per heavy atom. The predicted molar refractivity (Wildman–Crippen MR) is 78.5 cm³/mol. The van der Waals surface area contributed by atoms with Crippen molar-refractivity contribution in [1.82, 2.24) is 0 Å². The minimum Gasteiger partial charge on any atom is -0.479 e. The van der Waals surface area contributed by atoms with Crippen LogP contribution in [0.4, 0.5) is 5.69 Å². The highest BCUT2D eigenvalue weighted by atomic mass is 16.5. The largest absolute Gasteiger partial charge is 0.479 e. The van der Waals surface area contributed by atoms with Crippen LogP contribution < -0.4 is 10.5 Å². The van der Waals surface area contributed by atoms with Gasteiger partial charge in [-0.15, -0.1) is 0 Å². The fraction of sp³-hybridized carbons (Fsp3) is 0.125. The summed E-state index contributed by atoms with van der Waals surface area (Å²) in [7, 11) is 0. The molecule has 0 amide bonds. The molecule has 5 heteroatoms. The zero-order valence-electron chi connectivity index (χ0n) is 11.4. The molecule has 0 aliphatic heterocycles. The van der Waals surface area contributed by atoms with E-state index in [4.69, 9.17) is 15.6 Å². The van der Waals surface area contributed by atoms with E-state index in [-0.39, 0.29) is 5.78 Å². The molecule has 0 saturated carbocycles. The number of carboxylic acids is 1. The molecule has 0 aliphatic rings. The minimum absolute atomic E-state index is 0.132. The van der Waals surface area contributed by atoms with Crippen LogP contribution in [-0.2, 0) is 4.79 Å². The molecular weight excluding hydrogens is 270 g/mol. The maximum Gasteiger partial charge on any atom is 0.344 e. The number of aliphatic carboxylic acids is 1. The summed E-state index contributed by atoms with van der Waals surface area (Å²) < 4.78 is 5.20. The molecule has 1 atom stereocenters. The van der Waals surface area contributed by atoms with Crippen molar-refractivity contribution < 1.29 is 19.4 Å². The summed E-state index contributed by atoms with van der Waals surface area (Å²) in [5, 5.41) is 8.77. The number of rotatable bonds is 5. The van der Waals surface area contributed by atoms with Gasteiger partial charge in [-0.3, -0.25) is 4.79 Å². The smallest absolute Gasteiger partial charge is 0.344 e. The number of carbonyl (C=O) groups is 2. The molecule has 0 spiro atoms. The van der Waals surface area contributed by atoms with Crippen LogP contribution in [0.25, 0.3) is 0 Å². The predicted octanol–water partition coefficient (Wildman–Crippen LogP) is 2.35. The molecule has 21 heavy (non-hydrogen) atoms. The first-order valence-corrected chi connectivity index (χ1v) is 6.37. The van der Waals surface area contributed by atoms with E-state index < -0.39 is 12.1 Å². The van der Waals surface area contributed by atoms with Crippen molar-refractivity contribution in [2.24, 2.45) is 0 Å². The van der Waals surface area contributed by atoms with Gasteiger partial charge in [0, 0.05) is 16.8 Å². The summed E-state index contributed by atoms with van der Waals surface area (Å²) in [6, 6.07) is 13.0. The Morgan fingerprint density at radius 1 is 1.00 bits per heavy atom. The van der Waals surface area contributed by atoms with Gasteiger partial charge in [-0.1, -0.05) is 0 Å². The lowest BCUT2D eigenvalue weighted by molar-refractivity contribution is -0.144. The quantitative estimate of drug-likeness (QED) is 0.650. The summed E-state index contributed by atoms with van der Waals surface area (Å²) in [5.74, 6) is -0.774. The summed E-state index contributed by atoms with van der Waals surface area (Å²) in [6.45, 7) is 1.44. The van der Waals surface area contributed by atoms with Crippen LogP contribution in [-0.4, -0.2) is 23.0 Å². The number of carboxylic acid groups (broad SMARTS) is 1. The maximum atomic E-state index is 12.2. The normalized spacial score (nSPS) is 11.7. The molecule has 3 N–H and O–H groups in total. The Labute approximate surface area is 122 Å². The molecule has 108 valence electrons. The van der Waals surface area contributed by atoms with E-state index in [1.807, 2.05) is 0 Å². The molecule has 0 fully saturated rings. The molecule has 2 aromatic rings. The highest BCUT2D eigenvalue weighted by Crippen LogP contribution is 2.17. The van der Waals surface area contributed by atoms with Crippen LogP contribution in [0, 0.1) is 0 Å². The van der Waals surface area contributed by atoms with Gasteiger partial charge in [0.2, 0.25) is 0 Å². The van der Waals surface area contributed by atoms with Crippen molar-refractivity contribution in [2.75, 3.05) is 5.73 Å². The van der Waals surface area contributed by atoms with Crippen LogP contribution in [0.5, 0.6) is 5.75 Å². The number of carbonyl (C=O) groups excluding carboxylic acids is 1. The number of anilines is 1. The molecule has 0 heterocycles. The van der Waals surface area contributed by atoms with Crippen molar-refractivity contribution in [2.45, 2.75) is 13.0 Å². The lowest BCUT2D eigenvalue weighted by Gasteiger charge is -2.10. The second-order valence-corrected chi connectivity index (χ2v) is 4.57. The highest BCUT2D eigenvalue weighted by molar-refractivity contribution is 6.09. The third-order valence-electron chi connectivity index (χ3n) is 2.95. The molecule has 0 saturated heterocycles. The fourth-order valence-corrected chi connectivity index (χ4v) is 1.74. The Hall–Kier alpha value is -2.82. The van der Waals surface area contributed by atoms with E-state index >= 15 is 0 Å².